The summed E-state index contributed by atoms with van der Waals surface area (Å²) in [7, 11) is 0. The normalized spacial score (nSPS) is 11.5. The quantitative estimate of drug-likeness (QED) is 0.698. The molecule has 0 aliphatic heterocycles. The molecule has 2 nitrogen and oxygen atoms in total. The van der Waals surface area contributed by atoms with Gasteiger partial charge in [0.1, 0.15) is 5.15 Å². The maximum Gasteiger partial charge on any atom is 0.416 e. The molecule has 0 aliphatic rings. The largest absolute Gasteiger partial charge is 0.416 e. The maximum absolute atomic E-state index is 12.6. The lowest BCUT2D eigenvalue weighted by molar-refractivity contribution is -0.137. The molecule has 1 aromatic carbocycles. The van der Waals surface area contributed by atoms with Crippen molar-refractivity contribution in [1.82, 2.24) is 4.98 Å². The number of aromatic nitrogens is 1. The molecule has 0 radical (unpaired) electrons. The van der Waals surface area contributed by atoms with E-state index in [9.17, 15) is 13.2 Å². The molecule has 1 N–H and O–H groups in total. The van der Waals surface area contributed by atoms with Gasteiger partial charge < -0.3 is 5.32 Å². The van der Waals surface area contributed by atoms with Crippen molar-refractivity contribution < 1.29 is 13.2 Å². The van der Waals surface area contributed by atoms with Crippen molar-refractivity contribution in [2.45, 2.75) is 6.18 Å². The van der Waals surface area contributed by atoms with Crippen molar-refractivity contribution in [1.29, 1.82) is 0 Å². The Bertz CT molecular complexity index is 644. The summed E-state index contributed by atoms with van der Waals surface area (Å²) < 4.78 is 37.8. The first-order valence-corrected chi connectivity index (χ1v) is 6.36. The summed E-state index contributed by atoms with van der Waals surface area (Å²) in [6.07, 6.45) is -4.42. The molecule has 0 fully saturated rings. The minimum atomic E-state index is -4.42. The summed E-state index contributed by atoms with van der Waals surface area (Å²) in [6, 6.07) is 6.00. The highest BCUT2D eigenvalue weighted by atomic mass is 35.5. The van der Waals surface area contributed by atoms with Crippen LogP contribution in [0, 0.1) is 0 Å². The average Bonchev–Trinajstić information content (AvgIpc) is 2.35. The number of anilines is 2. The van der Waals surface area contributed by atoms with E-state index < -0.39 is 11.7 Å². The van der Waals surface area contributed by atoms with Crippen LogP contribution < -0.4 is 5.32 Å². The molecular formula is C12H6Cl3F3N2. The fraction of sp³-hybridized carbons (Fsp3) is 0.0833. The zero-order valence-electron chi connectivity index (χ0n) is 9.60. The number of alkyl halides is 3. The standard InChI is InChI=1S/C12H6Cl3F3N2/c13-8-5-9(14)11(20-10(8)15)19-7-3-1-2-6(4-7)12(16,17)18/h1-5H,(H,19,20). The first-order valence-electron chi connectivity index (χ1n) is 5.23. The SMILES string of the molecule is FC(F)(F)c1cccc(Nc2nc(Cl)c(Cl)cc2Cl)c1. The summed E-state index contributed by atoms with van der Waals surface area (Å²) in [4.78, 5) is 3.87. The third-order valence-corrected chi connectivity index (χ3v) is 3.30. The van der Waals surface area contributed by atoms with E-state index in [2.05, 4.69) is 10.3 Å². The molecular weight excluding hydrogens is 335 g/mol. The molecule has 2 aromatic rings. The van der Waals surface area contributed by atoms with Crippen molar-refractivity contribution >= 4 is 46.3 Å². The summed E-state index contributed by atoms with van der Waals surface area (Å²) in [5, 5.41) is 2.98. The van der Waals surface area contributed by atoms with Crippen LogP contribution in [-0.2, 0) is 6.18 Å². The first kappa shape index (κ1) is 15.2. The van der Waals surface area contributed by atoms with Gasteiger partial charge in [-0.2, -0.15) is 13.2 Å². The number of halogens is 6. The Labute approximate surface area is 127 Å². The van der Waals surface area contributed by atoms with Gasteiger partial charge in [0, 0.05) is 5.69 Å². The topological polar surface area (TPSA) is 24.9 Å². The van der Waals surface area contributed by atoms with Gasteiger partial charge in [0.05, 0.1) is 15.6 Å². The Balaban J connectivity index is 2.33. The zero-order chi connectivity index (χ0) is 14.9. The van der Waals surface area contributed by atoms with E-state index in [1.54, 1.807) is 0 Å². The number of hydrogen-bond acceptors (Lipinski definition) is 2. The molecule has 8 heteroatoms. The second-order valence-corrected chi connectivity index (χ2v) is 4.97. The van der Waals surface area contributed by atoms with E-state index in [1.165, 1.54) is 18.2 Å². The Kier molecular flexibility index (Phi) is 4.32. The van der Waals surface area contributed by atoms with E-state index in [1.807, 2.05) is 0 Å². The van der Waals surface area contributed by atoms with E-state index in [-0.39, 0.29) is 26.7 Å². The molecule has 0 unspecified atom stereocenters. The second kappa shape index (κ2) is 5.68. The molecule has 20 heavy (non-hydrogen) atoms. The van der Waals surface area contributed by atoms with Crippen LogP contribution in [0.15, 0.2) is 30.3 Å². The number of nitrogens with zero attached hydrogens (tertiary/aromatic N) is 1. The van der Waals surface area contributed by atoms with Gasteiger partial charge in [0.2, 0.25) is 0 Å². The number of pyridine rings is 1. The predicted molar refractivity (Wildman–Crippen MR) is 74.0 cm³/mol. The summed E-state index contributed by atoms with van der Waals surface area (Å²) in [6.45, 7) is 0. The smallest absolute Gasteiger partial charge is 0.339 e. The van der Waals surface area contributed by atoms with Crippen molar-refractivity contribution in [2.75, 3.05) is 5.32 Å². The number of hydrogen-bond donors (Lipinski definition) is 1. The van der Waals surface area contributed by atoms with E-state index in [0.29, 0.717) is 0 Å². The van der Waals surface area contributed by atoms with Gasteiger partial charge in [-0.3, -0.25) is 0 Å². The van der Waals surface area contributed by atoms with Crippen LogP contribution in [-0.4, -0.2) is 4.98 Å². The van der Waals surface area contributed by atoms with Gasteiger partial charge in [0.15, 0.2) is 5.82 Å². The summed E-state index contributed by atoms with van der Waals surface area (Å²) >= 11 is 17.3. The molecule has 0 saturated heterocycles. The summed E-state index contributed by atoms with van der Waals surface area (Å²) in [5.74, 6) is 0.125. The van der Waals surface area contributed by atoms with Crippen LogP contribution in [0.3, 0.4) is 0 Å². The molecule has 0 aliphatic carbocycles. The third-order valence-electron chi connectivity index (χ3n) is 2.34. The molecule has 0 amide bonds. The van der Waals surface area contributed by atoms with Crippen LogP contribution in [0.4, 0.5) is 24.7 Å². The highest BCUT2D eigenvalue weighted by Crippen LogP contribution is 2.33. The predicted octanol–water partition coefficient (Wildman–Crippen LogP) is 5.80. The second-order valence-electron chi connectivity index (χ2n) is 3.79. The Morgan fingerprint density at radius 2 is 1.70 bits per heavy atom. The van der Waals surface area contributed by atoms with Gasteiger partial charge >= 0.3 is 6.18 Å². The van der Waals surface area contributed by atoms with Gasteiger partial charge in [-0.1, -0.05) is 40.9 Å². The highest BCUT2D eigenvalue weighted by Gasteiger charge is 2.30. The van der Waals surface area contributed by atoms with Crippen LogP contribution in [0.2, 0.25) is 15.2 Å². The van der Waals surface area contributed by atoms with Crippen LogP contribution >= 0.6 is 34.8 Å². The molecule has 0 atom stereocenters. The van der Waals surface area contributed by atoms with Crippen molar-refractivity contribution in [3.63, 3.8) is 0 Å². The van der Waals surface area contributed by atoms with Gasteiger partial charge in [-0.15, -0.1) is 0 Å². The van der Waals surface area contributed by atoms with E-state index in [4.69, 9.17) is 34.8 Å². The van der Waals surface area contributed by atoms with Crippen molar-refractivity contribution in [3.8, 4) is 0 Å². The maximum atomic E-state index is 12.6. The highest BCUT2D eigenvalue weighted by molar-refractivity contribution is 6.43. The van der Waals surface area contributed by atoms with Gasteiger partial charge in [0.25, 0.3) is 0 Å². The lowest BCUT2D eigenvalue weighted by Gasteiger charge is -2.11. The molecule has 0 bridgehead atoms. The van der Waals surface area contributed by atoms with Crippen molar-refractivity contribution in [2.24, 2.45) is 0 Å². The lowest BCUT2D eigenvalue weighted by atomic mass is 10.2. The number of rotatable bonds is 2. The molecule has 0 saturated carbocycles. The van der Waals surface area contributed by atoms with Gasteiger partial charge in [-0.25, -0.2) is 4.98 Å². The monoisotopic (exact) mass is 340 g/mol. The fourth-order valence-corrected chi connectivity index (χ4v) is 1.99. The third kappa shape index (κ3) is 3.48. The fourth-order valence-electron chi connectivity index (χ4n) is 1.44. The van der Waals surface area contributed by atoms with E-state index >= 15 is 0 Å². The minimum absolute atomic E-state index is 0.00513. The van der Waals surface area contributed by atoms with Gasteiger partial charge in [-0.05, 0) is 24.3 Å². The summed E-state index contributed by atoms with van der Waals surface area (Å²) in [5.41, 5.74) is -0.591. The zero-order valence-corrected chi connectivity index (χ0v) is 11.9. The number of benzene rings is 1. The average molecular weight is 342 g/mol. The number of nitrogens with one attached hydrogen (secondary N) is 1. The minimum Gasteiger partial charge on any atom is -0.339 e. The van der Waals surface area contributed by atoms with Crippen molar-refractivity contribution in [3.05, 3.63) is 51.1 Å². The lowest BCUT2D eigenvalue weighted by Crippen LogP contribution is -2.05. The van der Waals surface area contributed by atoms with E-state index in [0.717, 1.165) is 12.1 Å². The van der Waals surface area contributed by atoms with Crippen LogP contribution in [0.25, 0.3) is 0 Å². The Morgan fingerprint density at radius 1 is 1.00 bits per heavy atom. The molecule has 1 heterocycles. The Morgan fingerprint density at radius 3 is 2.35 bits per heavy atom. The molecule has 0 spiro atoms. The van der Waals surface area contributed by atoms with Crippen LogP contribution in [0.5, 0.6) is 0 Å². The Hall–Kier alpha value is -1.17. The molecule has 106 valence electrons. The molecule has 2 rings (SSSR count). The van der Waals surface area contributed by atoms with Crippen LogP contribution in [0.1, 0.15) is 5.56 Å². The molecule has 1 aromatic heterocycles. The first-order chi connectivity index (χ1) is 9.27.